The van der Waals surface area contributed by atoms with Crippen molar-refractivity contribution < 1.29 is 9.53 Å². The van der Waals surface area contributed by atoms with Gasteiger partial charge in [0.15, 0.2) is 0 Å². The zero-order valence-electron chi connectivity index (χ0n) is 14.2. The molecular weight excluding hydrogens is 302 g/mol. The van der Waals surface area contributed by atoms with Crippen LogP contribution in [-0.4, -0.2) is 38.4 Å². The first-order valence-corrected chi connectivity index (χ1v) is 7.66. The molecule has 1 rings (SSSR count). The lowest BCUT2D eigenvalue weighted by Crippen LogP contribution is -2.38. The van der Waals surface area contributed by atoms with Gasteiger partial charge >= 0.3 is 6.09 Å². The van der Waals surface area contributed by atoms with E-state index in [-0.39, 0.29) is 6.04 Å². The number of benzene rings is 1. The van der Waals surface area contributed by atoms with Crippen molar-refractivity contribution in [2.45, 2.75) is 39.3 Å². The molecule has 0 bridgehead atoms. The molecule has 22 heavy (non-hydrogen) atoms. The predicted octanol–water partition coefficient (Wildman–Crippen LogP) is 3.73. The molecular formula is C16H26ClN3O2. The van der Waals surface area contributed by atoms with E-state index in [0.29, 0.717) is 11.6 Å². The van der Waals surface area contributed by atoms with E-state index in [9.17, 15) is 4.79 Å². The van der Waals surface area contributed by atoms with Crippen molar-refractivity contribution >= 4 is 29.1 Å². The summed E-state index contributed by atoms with van der Waals surface area (Å²) in [6.07, 6.45) is -0.417. The molecule has 1 amide bonds. The third-order valence-corrected chi connectivity index (χ3v) is 3.03. The van der Waals surface area contributed by atoms with Crippen molar-refractivity contribution in [3.63, 3.8) is 0 Å². The van der Waals surface area contributed by atoms with Gasteiger partial charge in [-0.15, -0.1) is 0 Å². The van der Waals surface area contributed by atoms with E-state index in [2.05, 4.69) is 10.6 Å². The van der Waals surface area contributed by atoms with E-state index in [1.807, 2.05) is 64.9 Å². The van der Waals surface area contributed by atoms with Crippen LogP contribution in [0.5, 0.6) is 0 Å². The van der Waals surface area contributed by atoms with Gasteiger partial charge in [-0.05, 0) is 45.9 Å². The van der Waals surface area contributed by atoms with Gasteiger partial charge in [-0.1, -0.05) is 11.6 Å². The molecule has 0 radical (unpaired) electrons. The number of carbonyl (C=O) groups excluding carboxylic acids is 1. The molecule has 0 aliphatic heterocycles. The van der Waals surface area contributed by atoms with Crippen molar-refractivity contribution in [1.29, 1.82) is 0 Å². The second-order valence-corrected chi connectivity index (χ2v) is 6.92. The van der Waals surface area contributed by atoms with Crippen LogP contribution in [0.25, 0.3) is 0 Å². The molecule has 0 saturated carbocycles. The van der Waals surface area contributed by atoms with Crippen LogP contribution < -0.4 is 15.5 Å². The second-order valence-electron chi connectivity index (χ2n) is 6.48. The van der Waals surface area contributed by atoms with Crippen LogP contribution in [0, 0.1) is 0 Å². The summed E-state index contributed by atoms with van der Waals surface area (Å²) in [7, 11) is 3.94. The highest BCUT2D eigenvalue weighted by Gasteiger charge is 2.16. The molecule has 6 heteroatoms. The van der Waals surface area contributed by atoms with Crippen molar-refractivity contribution in [3.8, 4) is 0 Å². The number of anilines is 2. The first kappa shape index (κ1) is 18.4. The van der Waals surface area contributed by atoms with E-state index in [4.69, 9.17) is 16.3 Å². The van der Waals surface area contributed by atoms with E-state index >= 15 is 0 Å². The summed E-state index contributed by atoms with van der Waals surface area (Å²) in [4.78, 5) is 13.7. The number of hydrogen-bond acceptors (Lipinski definition) is 4. The van der Waals surface area contributed by atoms with Crippen molar-refractivity contribution in [2.75, 3.05) is 30.9 Å². The fourth-order valence-electron chi connectivity index (χ4n) is 1.88. The van der Waals surface area contributed by atoms with Crippen molar-refractivity contribution in [1.82, 2.24) is 5.32 Å². The number of carbonyl (C=O) groups is 1. The fraction of sp³-hybridized carbons (Fsp3) is 0.562. The van der Waals surface area contributed by atoms with Gasteiger partial charge in [0.1, 0.15) is 5.60 Å². The molecule has 0 aliphatic carbocycles. The number of hydrogen-bond donors (Lipinski definition) is 2. The Balaban J connectivity index is 2.60. The predicted molar refractivity (Wildman–Crippen MR) is 93.1 cm³/mol. The topological polar surface area (TPSA) is 53.6 Å². The normalized spacial score (nSPS) is 12.5. The fourth-order valence-corrected chi connectivity index (χ4v) is 2.05. The SMILES string of the molecule is CC(CNC(=O)OC(C)(C)C)Nc1cc(Cl)ccc1N(C)C. The number of rotatable bonds is 5. The number of amides is 1. The Kier molecular flexibility index (Phi) is 6.35. The van der Waals surface area contributed by atoms with Gasteiger partial charge in [-0.25, -0.2) is 4.79 Å². The smallest absolute Gasteiger partial charge is 0.407 e. The summed E-state index contributed by atoms with van der Waals surface area (Å²) in [6.45, 7) is 7.95. The number of nitrogens with zero attached hydrogens (tertiary/aromatic N) is 1. The van der Waals surface area contributed by atoms with Gasteiger partial charge in [0.2, 0.25) is 0 Å². The average Bonchev–Trinajstić information content (AvgIpc) is 2.34. The minimum Gasteiger partial charge on any atom is -0.444 e. The number of nitrogens with one attached hydrogen (secondary N) is 2. The Bertz CT molecular complexity index is 513. The lowest BCUT2D eigenvalue weighted by molar-refractivity contribution is 0.0526. The third-order valence-electron chi connectivity index (χ3n) is 2.79. The van der Waals surface area contributed by atoms with Crippen LogP contribution in [-0.2, 0) is 4.74 Å². The number of ether oxygens (including phenoxy) is 1. The monoisotopic (exact) mass is 327 g/mol. The third kappa shape index (κ3) is 6.43. The molecule has 0 spiro atoms. The molecule has 0 aromatic heterocycles. The van der Waals surface area contributed by atoms with E-state index in [1.54, 1.807) is 0 Å². The molecule has 0 heterocycles. The summed E-state index contributed by atoms with van der Waals surface area (Å²) < 4.78 is 5.21. The highest BCUT2D eigenvalue weighted by Crippen LogP contribution is 2.28. The molecule has 0 fully saturated rings. The molecule has 5 nitrogen and oxygen atoms in total. The van der Waals surface area contributed by atoms with Gasteiger partial charge < -0.3 is 20.3 Å². The zero-order valence-corrected chi connectivity index (χ0v) is 14.9. The molecule has 124 valence electrons. The largest absolute Gasteiger partial charge is 0.444 e. The highest BCUT2D eigenvalue weighted by molar-refractivity contribution is 6.31. The standard InChI is InChI=1S/C16H26ClN3O2/c1-11(10-18-15(21)22-16(2,3)4)19-13-9-12(17)7-8-14(13)20(5)6/h7-9,11,19H,10H2,1-6H3,(H,18,21). The summed E-state index contributed by atoms with van der Waals surface area (Å²) >= 11 is 6.06. The van der Waals surface area contributed by atoms with Crippen LogP contribution in [0.2, 0.25) is 5.02 Å². The van der Waals surface area contributed by atoms with Crippen LogP contribution in [0.1, 0.15) is 27.7 Å². The average molecular weight is 328 g/mol. The van der Waals surface area contributed by atoms with Crippen LogP contribution in [0.15, 0.2) is 18.2 Å². The lowest BCUT2D eigenvalue weighted by Gasteiger charge is -2.23. The Morgan fingerprint density at radius 2 is 2.00 bits per heavy atom. The Morgan fingerprint density at radius 3 is 2.55 bits per heavy atom. The Labute approximate surface area is 138 Å². The highest BCUT2D eigenvalue weighted by atomic mass is 35.5. The molecule has 0 aliphatic rings. The summed E-state index contributed by atoms with van der Waals surface area (Å²) in [5, 5.41) is 6.77. The van der Waals surface area contributed by atoms with Gasteiger partial charge in [0.05, 0.1) is 11.4 Å². The zero-order chi connectivity index (χ0) is 16.9. The van der Waals surface area contributed by atoms with Crippen LogP contribution in [0.4, 0.5) is 16.2 Å². The van der Waals surface area contributed by atoms with Crippen molar-refractivity contribution in [2.24, 2.45) is 0 Å². The minimum atomic E-state index is -0.494. The van der Waals surface area contributed by atoms with E-state index < -0.39 is 11.7 Å². The quantitative estimate of drug-likeness (QED) is 0.865. The maximum Gasteiger partial charge on any atom is 0.407 e. The van der Waals surface area contributed by atoms with E-state index in [1.165, 1.54) is 0 Å². The maximum absolute atomic E-state index is 11.7. The Hall–Kier alpha value is -1.62. The van der Waals surface area contributed by atoms with Gasteiger partial charge in [-0.3, -0.25) is 0 Å². The first-order chi connectivity index (χ1) is 10.1. The van der Waals surface area contributed by atoms with E-state index in [0.717, 1.165) is 11.4 Å². The molecule has 0 saturated heterocycles. The van der Waals surface area contributed by atoms with Gasteiger partial charge in [-0.2, -0.15) is 0 Å². The molecule has 2 N–H and O–H groups in total. The molecule has 1 aromatic carbocycles. The van der Waals surface area contributed by atoms with Crippen molar-refractivity contribution in [3.05, 3.63) is 23.2 Å². The summed E-state index contributed by atoms with van der Waals surface area (Å²) in [5.74, 6) is 0. The first-order valence-electron chi connectivity index (χ1n) is 7.29. The minimum absolute atomic E-state index is 0.0321. The maximum atomic E-state index is 11.7. The number of alkyl carbamates (subject to hydrolysis) is 1. The number of halogens is 1. The summed E-state index contributed by atoms with van der Waals surface area (Å²) in [6, 6.07) is 5.72. The molecule has 1 unspecified atom stereocenters. The van der Waals surface area contributed by atoms with Crippen LogP contribution >= 0.6 is 11.6 Å². The molecule has 1 aromatic rings. The van der Waals surface area contributed by atoms with Crippen LogP contribution in [0.3, 0.4) is 0 Å². The Morgan fingerprint density at radius 1 is 1.36 bits per heavy atom. The second kappa shape index (κ2) is 7.58. The molecule has 1 atom stereocenters. The van der Waals surface area contributed by atoms with Gasteiger partial charge in [0, 0.05) is 31.7 Å². The van der Waals surface area contributed by atoms with Gasteiger partial charge in [0.25, 0.3) is 0 Å². The lowest BCUT2D eigenvalue weighted by atomic mass is 10.2. The summed E-state index contributed by atoms with van der Waals surface area (Å²) in [5.41, 5.74) is 1.47.